The van der Waals surface area contributed by atoms with Gasteiger partial charge in [-0.15, -0.1) is 0 Å². The minimum atomic E-state index is -1.08. The standard InChI is InChI=1S/C18H25N3O4/c1-3-6-14(17(23)24)20-18(25)19-11-16(22)21-12(2)9-10-13-7-4-5-8-15(13)21/h4-5,7-8,12,14H,3,6,9-11H2,1-2H3,(H,23,24)(H2,19,20,25)/t12-,14+/m0/s1. The summed E-state index contributed by atoms with van der Waals surface area (Å²) in [4.78, 5) is 37.3. The van der Waals surface area contributed by atoms with Crippen LogP contribution in [0, 0.1) is 0 Å². The molecule has 0 saturated carbocycles. The molecular weight excluding hydrogens is 322 g/mol. The van der Waals surface area contributed by atoms with Crippen molar-refractivity contribution in [1.82, 2.24) is 10.6 Å². The highest BCUT2D eigenvalue weighted by atomic mass is 16.4. The second-order valence-electron chi connectivity index (χ2n) is 6.29. The van der Waals surface area contributed by atoms with Crippen LogP contribution in [0.5, 0.6) is 0 Å². The summed E-state index contributed by atoms with van der Waals surface area (Å²) in [6.45, 7) is 3.65. The van der Waals surface area contributed by atoms with Gasteiger partial charge in [0.2, 0.25) is 5.91 Å². The number of carbonyl (C=O) groups excluding carboxylic acids is 2. The van der Waals surface area contributed by atoms with Gasteiger partial charge in [0.25, 0.3) is 0 Å². The number of nitrogens with one attached hydrogen (secondary N) is 2. The summed E-state index contributed by atoms with van der Waals surface area (Å²) >= 11 is 0. The summed E-state index contributed by atoms with van der Waals surface area (Å²) in [5, 5.41) is 13.9. The van der Waals surface area contributed by atoms with Gasteiger partial charge in [0.1, 0.15) is 6.04 Å². The van der Waals surface area contributed by atoms with Crippen molar-refractivity contribution in [3.05, 3.63) is 29.8 Å². The molecule has 3 N–H and O–H groups in total. The van der Waals surface area contributed by atoms with Crippen LogP contribution >= 0.6 is 0 Å². The zero-order valence-electron chi connectivity index (χ0n) is 14.6. The van der Waals surface area contributed by atoms with E-state index in [2.05, 4.69) is 10.6 Å². The number of hydrogen-bond acceptors (Lipinski definition) is 3. The number of rotatable bonds is 6. The summed E-state index contributed by atoms with van der Waals surface area (Å²) in [5.74, 6) is -1.29. The van der Waals surface area contributed by atoms with E-state index >= 15 is 0 Å². The fourth-order valence-electron chi connectivity index (χ4n) is 3.06. The van der Waals surface area contributed by atoms with E-state index in [1.165, 1.54) is 0 Å². The molecule has 1 heterocycles. The number of anilines is 1. The maximum absolute atomic E-state index is 12.6. The highest BCUT2D eigenvalue weighted by Crippen LogP contribution is 2.30. The number of benzene rings is 1. The Bertz CT molecular complexity index is 647. The van der Waals surface area contributed by atoms with Crippen molar-refractivity contribution in [3.63, 3.8) is 0 Å². The molecule has 2 atom stereocenters. The van der Waals surface area contributed by atoms with Crippen LogP contribution in [0.4, 0.5) is 10.5 Å². The molecule has 136 valence electrons. The van der Waals surface area contributed by atoms with Crippen molar-refractivity contribution in [2.24, 2.45) is 0 Å². The Labute approximate surface area is 147 Å². The molecule has 0 bridgehead atoms. The van der Waals surface area contributed by atoms with Gasteiger partial charge in [-0.05, 0) is 37.8 Å². The molecule has 0 aromatic heterocycles. The second-order valence-corrected chi connectivity index (χ2v) is 6.29. The molecule has 1 aliphatic rings. The molecule has 0 unspecified atom stereocenters. The number of aryl methyl sites for hydroxylation is 1. The Kier molecular flexibility index (Phi) is 6.38. The molecule has 2 rings (SSSR count). The molecule has 1 aromatic rings. The monoisotopic (exact) mass is 347 g/mol. The second kappa shape index (κ2) is 8.50. The molecule has 1 aromatic carbocycles. The zero-order valence-corrected chi connectivity index (χ0v) is 14.6. The fourth-order valence-corrected chi connectivity index (χ4v) is 3.06. The van der Waals surface area contributed by atoms with Crippen LogP contribution < -0.4 is 15.5 Å². The van der Waals surface area contributed by atoms with E-state index in [0.29, 0.717) is 12.8 Å². The van der Waals surface area contributed by atoms with Crippen molar-refractivity contribution < 1.29 is 19.5 Å². The molecule has 1 aliphatic heterocycles. The van der Waals surface area contributed by atoms with Crippen molar-refractivity contribution >= 4 is 23.6 Å². The maximum atomic E-state index is 12.6. The molecule has 0 aliphatic carbocycles. The van der Waals surface area contributed by atoms with Crippen LogP contribution in [0.15, 0.2) is 24.3 Å². The van der Waals surface area contributed by atoms with Crippen molar-refractivity contribution in [3.8, 4) is 0 Å². The first-order chi connectivity index (χ1) is 11.9. The predicted octanol–water partition coefficient (Wildman–Crippen LogP) is 1.91. The topological polar surface area (TPSA) is 98.7 Å². The van der Waals surface area contributed by atoms with Gasteiger partial charge in [-0.3, -0.25) is 4.79 Å². The Balaban J connectivity index is 1.96. The SMILES string of the molecule is CCC[C@@H](NC(=O)NCC(=O)N1c2ccccc2CC[C@@H]1C)C(=O)O. The molecule has 25 heavy (non-hydrogen) atoms. The Hall–Kier alpha value is -2.57. The van der Waals surface area contributed by atoms with Crippen LogP contribution in [-0.2, 0) is 16.0 Å². The third-order valence-electron chi connectivity index (χ3n) is 4.37. The highest BCUT2D eigenvalue weighted by Gasteiger charge is 2.28. The van der Waals surface area contributed by atoms with Gasteiger partial charge in [0.05, 0.1) is 6.54 Å². The van der Waals surface area contributed by atoms with Gasteiger partial charge in [-0.1, -0.05) is 31.5 Å². The Morgan fingerprint density at radius 2 is 2.04 bits per heavy atom. The first-order valence-electron chi connectivity index (χ1n) is 8.61. The Morgan fingerprint density at radius 1 is 1.32 bits per heavy atom. The van der Waals surface area contributed by atoms with Crippen LogP contribution in [0.1, 0.15) is 38.7 Å². The Morgan fingerprint density at radius 3 is 2.72 bits per heavy atom. The minimum Gasteiger partial charge on any atom is -0.480 e. The van der Waals surface area contributed by atoms with Crippen molar-refractivity contribution in [2.75, 3.05) is 11.4 Å². The molecule has 0 spiro atoms. The van der Waals surface area contributed by atoms with Gasteiger partial charge in [0.15, 0.2) is 0 Å². The number of carbonyl (C=O) groups is 3. The summed E-state index contributed by atoms with van der Waals surface area (Å²) in [6, 6.07) is 6.21. The molecule has 0 saturated heterocycles. The van der Waals surface area contributed by atoms with E-state index in [-0.39, 0.29) is 18.5 Å². The van der Waals surface area contributed by atoms with Crippen LogP contribution in [0.25, 0.3) is 0 Å². The predicted molar refractivity (Wildman–Crippen MR) is 94.6 cm³/mol. The van der Waals surface area contributed by atoms with E-state index in [1.807, 2.05) is 38.1 Å². The number of amides is 3. The number of para-hydroxylation sites is 1. The average molecular weight is 347 g/mol. The molecule has 0 fully saturated rings. The third kappa shape index (κ3) is 4.71. The summed E-state index contributed by atoms with van der Waals surface area (Å²) < 4.78 is 0. The smallest absolute Gasteiger partial charge is 0.326 e. The van der Waals surface area contributed by atoms with Crippen LogP contribution in [0.2, 0.25) is 0 Å². The molecular formula is C18H25N3O4. The lowest BCUT2D eigenvalue weighted by molar-refractivity contribution is -0.139. The number of hydrogen-bond donors (Lipinski definition) is 3. The quantitative estimate of drug-likeness (QED) is 0.732. The fraction of sp³-hybridized carbons (Fsp3) is 0.500. The summed E-state index contributed by atoms with van der Waals surface area (Å²) in [7, 11) is 0. The van der Waals surface area contributed by atoms with Gasteiger partial charge < -0.3 is 20.6 Å². The summed E-state index contributed by atoms with van der Waals surface area (Å²) in [6.07, 6.45) is 2.77. The number of carboxylic acids is 1. The largest absolute Gasteiger partial charge is 0.480 e. The van der Waals surface area contributed by atoms with E-state index in [1.54, 1.807) is 4.90 Å². The van der Waals surface area contributed by atoms with Crippen LogP contribution in [0.3, 0.4) is 0 Å². The van der Waals surface area contributed by atoms with Gasteiger partial charge in [0, 0.05) is 11.7 Å². The zero-order chi connectivity index (χ0) is 18.4. The number of nitrogens with zero attached hydrogens (tertiary/aromatic N) is 1. The minimum absolute atomic E-state index is 0.0547. The van der Waals surface area contributed by atoms with E-state index in [4.69, 9.17) is 5.11 Å². The lowest BCUT2D eigenvalue weighted by Crippen LogP contribution is -2.51. The lowest BCUT2D eigenvalue weighted by Gasteiger charge is -2.35. The van der Waals surface area contributed by atoms with Gasteiger partial charge in [-0.25, -0.2) is 9.59 Å². The number of aliphatic carboxylic acids is 1. The maximum Gasteiger partial charge on any atom is 0.326 e. The highest BCUT2D eigenvalue weighted by molar-refractivity contribution is 5.98. The molecule has 3 amide bonds. The van der Waals surface area contributed by atoms with Gasteiger partial charge >= 0.3 is 12.0 Å². The van der Waals surface area contributed by atoms with E-state index < -0.39 is 18.0 Å². The lowest BCUT2D eigenvalue weighted by atomic mass is 9.96. The average Bonchev–Trinajstić information content (AvgIpc) is 2.59. The van der Waals surface area contributed by atoms with Crippen LogP contribution in [-0.4, -0.2) is 41.6 Å². The van der Waals surface area contributed by atoms with Crippen molar-refractivity contribution in [2.45, 2.75) is 51.6 Å². The first-order valence-corrected chi connectivity index (χ1v) is 8.61. The van der Waals surface area contributed by atoms with Crippen molar-refractivity contribution in [1.29, 1.82) is 0 Å². The molecule has 7 nitrogen and oxygen atoms in total. The molecule has 7 heteroatoms. The number of fused-ring (bicyclic) bond motifs is 1. The van der Waals surface area contributed by atoms with E-state index in [9.17, 15) is 14.4 Å². The number of carboxylic acid groups (broad SMARTS) is 1. The summed E-state index contributed by atoms with van der Waals surface area (Å²) in [5.41, 5.74) is 2.00. The van der Waals surface area contributed by atoms with E-state index in [0.717, 1.165) is 24.1 Å². The first kappa shape index (κ1) is 18.8. The van der Waals surface area contributed by atoms with Gasteiger partial charge in [-0.2, -0.15) is 0 Å². The number of urea groups is 1. The molecule has 0 radical (unpaired) electrons. The third-order valence-corrected chi connectivity index (χ3v) is 4.37. The normalized spacial score (nSPS) is 17.4.